The molecule has 9 nitrogen and oxygen atoms in total. The van der Waals surface area contributed by atoms with Crippen LogP contribution in [0.3, 0.4) is 0 Å². The summed E-state index contributed by atoms with van der Waals surface area (Å²) < 4.78 is 27.0. The molecule has 2 aliphatic rings. The second kappa shape index (κ2) is 6.74. The van der Waals surface area contributed by atoms with E-state index in [0.29, 0.717) is 5.56 Å². The molecule has 0 radical (unpaired) electrons. The zero-order valence-corrected chi connectivity index (χ0v) is 15.5. The SMILES string of the molecule is O=C1C=CC2C(C1=O)C(c1ccc([N+](=O)[O-])cc1)=NN2S(=O)(=O)c1ccccc1. The van der Waals surface area contributed by atoms with E-state index in [1.54, 1.807) is 18.2 Å². The molecule has 1 aliphatic heterocycles. The molecule has 2 unspecified atom stereocenters. The Balaban J connectivity index is 1.84. The van der Waals surface area contributed by atoms with Gasteiger partial charge in [-0.3, -0.25) is 19.7 Å². The van der Waals surface area contributed by atoms with Crippen LogP contribution in [0.1, 0.15) is 5.56 Å². The van der Waals surface area contributed by atoms with E-state index in [1.807, 2.05) is 0 Å². The lowest BCUT2D eigenvalue weighted by Crippen LogP contribution is -2.44. The highest BCUT2D eigenvalue weighted by atomic mass is 32.2. The van der Waals surface area contributed by atoms with E-state index in [1.165, 1.54) is 42.5 Å². The van der Waals surface area contributed by atoms with E-state index in [4.69, 9.17) is 0 Å². The molecule has 0 spiro atoms. The summed E-state index contributed by atoms with van der Waals surface area (Å²) in [4.78, 5) is 34.8. The maximum atomic E-state index is 13.1. The van der Waals surface area contributed by atoms with Crippen LogP contribution in [-0.2, 0) is 19.6 Å². The zero-order valence-electron chi connectivity index (χ0n) is 14.7. The molecular formula is C19H13N3O6S. The number of benzene rings is 2. The van der Waals surface area contributed by atoms with Gasteiger partial charge in [-0.2, -0.15) is 17.9 Å². The van der Waals surface area contributed by atoms with Gasteiger partial charge in [0.2, 0.25) is 11.6 Å². The lowest BCUT2D eigenvalue weighted by molar-refractivity contribution is -0.384. The number of carbonyl (C=O) groups is 2. The van der Waals surface area contributed by atoms with Crippen LogP contribution in [0.25, 0.3) is 0 Å². The van der Waals surface area contributed by atoms with Gasteiger partial charge in [0.25, 0.3) is 15.7 Å². The molecule has 2 atom stereocenters. The number of fused-ring (bicyclic) bond motifs is 1. The van der Waals surface area contributed by atoms with Gasteiger partial charge in [0, 0.05) is 12.1 Å². The Kier molecular flexibility index (Phi) is 4.35. The molecule has 0 fully saturated rings. The summed E-state index contributed by atoms with van der Waals surface area (Å²) >= 11 is 0. The lowest BCUT2D eigenvalue weighted by Gasteiger charge is -2.25. The van der Waals surface area contributed by atoms with Crippen LogP contribution in [0.5, 0.6) is 0 Å². The first-order chi connectivity index (χ1) is 13.8. The summed E-state index contributed by atoms with van der Waals surface area (Å²) in [6.07, 6.45) is 2.39. The summed E-state index contributed by atoms with van der Waals surface area (Å²) in [5.74, 6) is -2.65. The topological polar surface area (TPSA) is 127 Å². The summed E-state index contributed by atoms with van der Waals surface area (Å²) in [5, 5.41) is 15.1. The number of sulfonamides is 1. The highest BCUT2D eigenvalue weighted by Gasteiger charge is 2.49. The van der Waals surface area contributed by atoms with Crippen molar-refractivity contribution in [2.24, 2.45) is 11.0 Å². The standard InChI is InChI=1S/C19H13N3O6S/c23-16-11-10-15-17(19(16)24)18(12-6-8-13(9-7-12)22(25)26)20-21(15)29(27,28)14-4-2-1-3-5-14/h1-11,15,17H. The number of carbonyl (C=O) groups excluding carboxylic acids is 2. The molecule has 0 N–H and O–H groups in total. The number of rotatable bonds is 4. The summed E-state index contributed by atoms with van der Waals surface area (Å²) in [7, 11) is -4.09. The van der Waals surface area contributed by atoms with Crippen molar-refractivity contribution in [3.63, 3.8) is 0 Å². The summed E-state index contributed by atoms with van der Waals surface area (Å²) in [5.41, 5.74) is 0.239. The van der Waals surface area contributed by atoms with Gasteiger partial charge in [-0.25, -0.2) is 0 Å². The van der Waals surface area contributed by atoms with E-state index in [2.05, 4.69) is 5.10 Å². The second-order valence-corrected chi connectivity index (χ2v) is 8.23. The van der Waals surface area contributed by atoms with Crippen molar-refractivity contribution in [3.05, 3.63) is 82.4 Å². The van der Waals surface area contributed by atoms with E-state index in [0.717, 1.165) is 10.5 Å². The molecule has 0 saturated carbocycles. The van der Waals surface area contributed by atoms with Gasteiger partial charge in [0.15, 0.2) is 0 Å². The Labute approximate surface area is 165 Å². The molecule has 2 aromatic carbocycles. The van der Waals surface area contributed by atoms with Crippen LogP contribution >= 0.6 is 0 Å². The number of non-ortho nitro benzene ring substituents is 1. The monoisotopic (exact) mass is 411 g/mol. The molecule has 29 heavy (non-hydrogen) atoms. The molecular weight excluding hydrogens is 398 g/mol. The number of nitro groups is 1. The van der Waals surface area contributed by atoms with Crippen LogP contribution in [0.4, 0.5) is 5.69 Å². The normalized spacial score (nSPS) is 21.1. The maximum absolute atomic E-state index is 13.1. The number of ketones is 2. The predicted molar refractivity (Wildman–Crippen MR) is 102 cm³/mol. The van der Waals surface area contributed by atoms with E-state index in [9.17, 15) is 28.1 Å². The first-order valence-electron chi connectivity index (χ1n) is 8.50. The van der Waals surface area contributed by atoms with Crippen LogP contribution in [0.15, 0.2) is 76.7 Å². The fourth-order valence-electron chi connectivity index (χ4n) is 3.32. The Hall–Kier alpha value is -3.66. The smallest absolute Gasteiger partial charge is 0.279 e. The minimum absolute atomic E-state index is 0.00908. The highest BCUT2D eigenvalue weighted by molar-refractivity contribution is 7.89. The van der Waals surface area contributed by atoms with Crippen LogP contribution in [0.2, 0.25) is 0 Å². The third-order valence-corrected chi connectivity index (χ3v) is 6.41. The van der Waals surface area contributed by atoms with E-state index < -0.39 is 38.5 Å². The van der Waals surface area contributed by atoms with Crippen LogP contribution in [-0.4, -0.2) is 41.1 Å². The average Bonchev–Trinajstić information content (AvgIpc) is 3.12. The fraction of sp³-hybridized carbons (Fsp3) is 0.105. The number of nitro benzene ring substituents is 1. The minimum Gasteiger partial charge on any atom is -0.290 e. The number of hydrogen-bond donors (Lipinski definition) is 0. The number of nitrogens with zero attached hydrogens (tertiary/aromatic N) is 3. The van der Waals surface area contributed by atoms with Gasteiger partial charge in [0.1, 0.15) is 0 Å². The number of allylic oxidation sites excluding steroid dienone is 1. The van der Waals surface area contributed by atoms with Gasteiger partial charge >= 0.3 is 0 Å². The molecule has 4 rings (SSSR count). The number of Topliss-reactive ketones (excluding diaryl/α,β-unsaturated/α-hetero) is 1. The molecule has 0 saturated heterocycles. The average molecular weight is 411 g/mol. The first-order valence-corrected chi connectivity index (χ1v) is 9.94. The Morgan fingerprint density at radius 2 is 1.66 bits per heavy atom. The van der Waals surface area contributed by atoms with E-state index in [-0.39, 0.29) is 16.3 Å². The molecule has 0 aromatic heterocycles. The number of hydrogen-bond acceptors (Lipinski definition) is 7. The summed E-state index contributed by atoms with van der Waals surface area (Å²) in [6, 6.07) is 11.8. The zero-order chi connectivity index (χ0) is 20.8. The third-order valence-electron chi connectivity index (χ3n) is 4.73. The maximum Gasteiger partial charge on any atom is 0.279 e. The van der Waals surface area contributed by atoms with Crippen molar-refractivity contribution in [2.45, 2.75) is 10.9 Å². The summed E-state index contributed by atoms with van der Waals surface area (Å²) in [6.45, 7) is 0. The fourth-order valence-corrected chi connectivity index (χ4v) is 4.74. The van der Waals surface area contributed by atoms with Crippen molar-refractivity contribution in [1.82, 2.24) is 4.41 Å². The molecule has 1 aliphatic carbocycles. The lowest BCUT2D eigenvalue weighted by atomic mass is 9.83. The van der Waals surface area contributed by atoms with Crippen LogP contribution < -0.4 is 0 Å². The molecule has 1 heterocycles. The predicted octanol–water partition coefficient (Wildman–Crippen LogP) is 1.70. The second-order valence-electron chi connectivity index (χ2n) is 6.44. The van der Waals surface area contributed by atoms with Crippen molar-refractivity contribution in [1.29, 1.82) is 0 Å². The molecule has 0 amide bonds. The third kappa shape index (κ3) is 3.03. The number of hydrazone groups is 1. The molecule has 0 bridgehead atoms. The Morgan fingerprint density at radius 1 is 1.00 bits per heavy atom. The van der Waals surface area contributed by atoms with Gasteiger partial charge in [-0.1, -0.05) is 24.3 Å². The first kappa shape index (κ1) is 18.7. The van der Waals surface area contributed by atoms with E-state index >= 15 is 0 Å². The van der Waals surface area contributed by atoms with Crippen molar-refractivity contribution in [3.8, 4) is 0 Å². The molecule has 146 valence electrons. The Morgan fingerprint density at radius 3 is 2.28 bits per heavy atom. The van der Waals surface area contributed by atoms with Gasteiger partial charge in [0.05, 0.1) is 27.5 Å². The van der Waals surface area contributed by atoms with Crippen molar-refractivity contribution >= 4 is 33.0 Å². The van der Waals surface area contributed by atoms with Gasteiger partial charge in [-0.15, -0.1) is 0 Å². The Bertz CT molecular complexity index is 1190. The van der Waals surface area contributed by atoms with Crippen molar-refractivity contribution < 1.29 is 22.9 Å². The van der Waals surface area contributed by atoms with Gasteiger partial charge in [-0.05, 0) is 35.9 Å². The van der Waals surface area contributed by atoms with Crippen molar-refractivity contribution in [2.75, 3.05) is 0 Å². The quantitative estimate of drug-likeness (QED) is 0.428. The van der Waals surface area contributed by atoms with Gasteiger partial charge < -0.3 is 0 Å². The highest BCUT2D eigenvalue weighted by Crippen LogP contribution is 2.35. The molecule has 10 heteroatoms. The minimum atomic E-state index is -4.09. The largest absolute Gasteiger partial charge is 0.290 e. The molecule has 2 aromatic rings. The van der Waals surface area contributed by atoms with Crippen LogP contribution in [0, 0.1) is 16.0 Å².